The van der Waals surface area contributed by atoms with E-state index in [4.69, 9.17) is 4.74 Å². The van der Waals surface area contributed by atoms with Crippen molar-refractivity contribution in [2.45, 2.75) is 72.6 Å². The van der Waals surface area contributed by atoms with Crippen LogP contribution in [0, 0.1) is 14.4 Å². The lowest BCUT2D eigenvalue weighted by Crippen LogP contribution is -2.44. The molecule has 1 aliphatic heterocycles. The highest BCUT2D eigenvalue weighted by atomic mass is 127. The maximum atomic E-state index is 13.7. The zero-order valence-electron chi connectivity index (χ0n) is 20.5. The van der Waals surface area contributed by atoms with Gasteiger partial charge in [-0.2, -0.15) is 0 Å². The predicted molar refractivity (Wildman–Crippen MR) is 137 cm³/mol. The van der Waals surface area contributed by atoms with Crippen LogP contribution in [0.3, 0.4) is 0 Å². The van der Waals surface area contributed by atoms with E-state index in [-0.39, 0.29) is 28.1 Å². The molecule has 0 unspecified atom stereocenters. The number of Topliss-reactive ketones (excluding diaryl/α,β-unsaturated/α-hetero) is 2. The third kappa shape index (κ3) is 4.24. The molecule has 2 aliphatic carbocycles. The van der Waals surface area contributed by atoms with E-state index in [2.05, 4.69) is 62.1 Å². The Labute approximate surface area is 210 Å². The number of carbonyl (C=O) groups excluding carboxylic acids is 2. The maximum absolute atomic E-state index is 13.7. The largest absolute Gasteiger partial charge is 0.504 e. The summed E-state index contributed by atoms with van der Waals surface area (Å²) in [5.74, 6) is 0.278. The first-order valence-corrected chi connectivity index (χ1v) is 12.8. The van der Waals surface area contributed by atoms with E-state index >= 15 is 0 Å². The molecule has 1 N–H and O–H groups in total. The van der Waals surface area contributed by atoms with Crippen LogP contribution in [0.5, 0.6) is 11.5 Å². The van der Waals surface area contributed by atoms with Gasteiger partial charge in [0.1, 0.15) is 0 Å². The summed E-state index contributed by atoms with van der Waals surface area (Å²) in [6.07, 6.45) is 3.49. The van der Waals surface area contributed by atoms with Crippen molar-refractivity contribution in [3.63, 3.8) is 0 Å². The summed E-state index contributed by atoms with van der Waals surface area (Å²) in [4.78, 5) is 29.7. The second-order valence-corrected chi connectivity index (χ2v) is 12.4. The van der Waals surface area contributed by atoms with Crippen molar-refractivity contribution in [2.75, 3.05) is 13.7 Å². The SMILES string of the molecule is CCCN1C2=C(C(=O)CC(C)(C)C2)C(c2cc(I)c(O)c(OC)c2)C2=C1CC(C)(C)CC2=O. The van der Waals surface area contributed by atoms with Crippen LogP contribution in [0.4, 0.5) is 0 Å². The van der Waals surface area contributed by atoms with Crippen LogP contribution in [-0.4, -0.2) is 35.2 Å². The van der Waals surface area contributed by atoms with Gasteiger partial charge in [-0.3, -0.25) is 9.59 Å². The highest BCUT2D eigenvalue weighted by molar-refractivity contribution is 14.1. The van der Waals surface area contributed by atoms with E-state index in [0.29, 0.717) is 22.2 Å². The number of rotatable bonds is 4. The molecule has 0 atom stereocenters. The molecule has 4 rings (SSSR count). The van der Waals surface area contributed by atoms with Crippen molar-refractivity contribution >= 4 is 34.2 Å². The van der Waals surface area contributed by atoms with E-state index in [9.17, 15) is 14.7 Å². The molecular formula is C27H34INO4. The van der Waals surface area contributed by atoms with E-state index in [1.54, 1.807) is 6.07 Å². The van der Waals surface area contributed by atoms with E-state index in [1.807, 2.05) is 6.07 Å². The van der Waals surface area contributed by atoms with Crippen LogP contribution in [0.15, 0.2) is 34.7 Å². The third-order valence-electron chi connectivity index (χ3n) is 7.07. The first-order chi connectivity index (χ1) is 15.4. The molecule has 1 aromatic rings. The van der Waals surface area contributed by atoms with Crippen molar-refractivity contribution < 1.29 is 19.4 Å². The molecule has 5 nitrogen and oxygen atoms in total. The van der Waals surface area contributed by atoms with E-state index in [0.717, 1.165) is 53.9 Å². The van der Waals surface area contributed by atoms with Crippen LogP contribution in [0.2, 0.25) is 0 Å². The molecule has 1 heterocycles. The van der Waals surface area contributed by atoms with Gasteiger partial charge in [0.15, 0.2) is 23.1 Å². The number of carbonyl (C=O) groups is 2. The first-order valence-electron chi connectivity index (χ1n) is 11.8. The summed E-state index contributed by atoms with van der Waals surface area (Å²) in [5, 5.41) is 10.4. The Morgan fingerprint density at radius 3 is 1.97 bits per heavy atom. The average Bonchev–Trinajstić information content (AvgIpc) is 2.69. The Morgan fingerprint density at radius 1 is 1.00 bits per heavy atom. The number of halogens is 1. The minimum atomic E-state index is -0.418. The van der Waals surface area contributed by atoms with Gasteiger partial charge in [-0.05, 0) is 70.4 Å². The summed E-state index contributed by atoms with van der Waals surface area (Å²) < 4.78 is 6.09. The summed E-state index contributed by atoms with van der Waals surface area (Å²) in [7, 11) is 1.52. The Bertz CT molecular complexity index is 1040. The number of aromatic hydroxyl groups is 1. The zero-order chi connectivity index (χ0) is 24.3. The van der Waals surface area contributed by atoms with Gasteiger partial charge >= 0.3 is 0 Å². The van der Waals surface area contributed by atoms with Gasteiger partial charge in [0.25, 0.3) is 0 Å². The number of phenols is 1. The first kappa shape index (κ1) is 24.3. The fourth-order valence-electron chi connectivity index (χ4n) is 5.79. The van der Waals surface area contributed by atoms with Gasteiger partial charge in [-0.15, -0.1) is 0 Å². The number of ether oxygens (including phenoxy) is 1. The van der Waals surface area contributed by atoms with Gasteiger partial charge in [0, 0.05) is 47.8 Å². The Balaban J connectivity index is 2.03. The van der Waals surface area contributed by atoms with Crippen LogP contribution in [-0.2, 0) is 9.59 Å². The molecule has 6 heteroatoms. The molecule has 0 fully saturated rings. The van der Waals surface area contributed by atoms with E-state index in [1.165, 1.54) is 7.11 Å². The van der Waals surface area contributed by atoms with Crippen molar-refractivity contribution in [1.82, 2.24) is 4.90 Å². The van der Waals surface area contributed by atoms with Crippen LogP contribution >= 0.6 is 22.6 Å². The third-order valence-corrected chi connectivity index (χ3v) is 7.90. The molecule has 0 radical (unpaired) electrons. The average molecular weight is 563 g/mol. The number of nitrogens with zero attached hydrogens (tertiary/aromatic N) is 1. The number of benzene rings is 1. The molecule has 0 saturated carbocycles. The quantitative estimate of drug-likeness (QED) is 0.449. The number of ketones is 2. The Kier molecular flexibility index (Phi) is 6.21. The molecular weight excluding hydrogens is 529 g/mol. The molecule has 0 spiro atoms. The summed E-state index contributed by atoms with van der Waals surface area (Å²) in [6, 6.07) is 3.70. The number of methoxy groups -OCH3 is 1. The molecule has 1 aromatic carbocycles. The van der Waals surface area contributed by atoms with Gasteiger partial charge in [-0.25, -0.2) is 0 Å². The minimum absolute atomic E-state index is 0.0842. The number of hydrogen-bond acceptors (Lipinski definition) is 5. The number of allylic oxidation sites excluding steroid dienone is 4. The molecule has 0 saturated heterocycles. The smallest absolute Gasteiger partial charge is 0.171 e. The second-order valence-electron chi connectivity index (χ2n) is 11.2. The summed E-state index contributed by atoms with van der Waals surface area (Å²) in [5.41, 5.74) is 4.27. The highest BCUT2D eigenvalue weighted by Gasteiger charge is 2.48. The predicted octanol–water partition coefficient (Wildman–Crippen LogP) is 6.10. The summed E-state index contributed by atoms with van der Waals surface area (Å²) in [6.45, 7) is 11.6. The van der Waals surface area contributed by atoms with Crippen molar-refractivity contribution in [1.29, 1.82) is 0 Å². The molecule has 3 aliphatic rings. The second kappa shape index (κ2) is 8.43. The van der Waals surface area contributed by atoms with Crippen molar-refractivity contribution in [3.8, 4) is 11.5 Å². The fraction of sp³-hybridized carbons (Fsp3) is 0.556. The number of hydrogen-bond donors (Lipinski definition) is 1. The van der Waals surface area contributed by atoms with Gasteiger partial charge < -0.3 is 14.7 Å². The van der Waals surface area contributed by atoms with Crippen LogP contribution in [0.25, 0.3) is 0 Å². The van der Waals surface area contributed by atoms with E-state index < -0.39 is 5.92 Å². The molecule has 0 bridgehead atoms. The lowest BCUT2D eigenvalue weighted by molar-refractivity contribution is -0.119. The standard InChI is InChI=1S/C27H34INO4/c1-7-8-29-17-11-26(2,3)13-19(30)23(17)22(15-9-16(28)25(32)21(10-15)33-6)24-18(29)12-27(4,5)14-20(24)31/h9-10,22,32H,7-8,11-14H2,1-6H3. The topological polar surface area (TPSA) is 66.8 Å². The lowest BCUT2D eigenvalue weighted by atomic mass is 9.63. The maximum Gasteiger partial charge on any atom is 0.171 e. The highest BCUT2D eigenvalue weighted by Crippen LogP contribution is 2.55. The lowest BCUT2D eigenvalue weighted by Gasteiger charge is -2.49. The minimum Gasteiger partial charge on any atom is -0.504 e. The Hall–Kier alpha value is -1.83. The van der Waals surface area contributed by atoms with Crippen LogP contribution < -0.4 is 4.74 Å². The fourth-order valence-corrected chi connectivity index (χ4v) is 6.42. The normalized spacial score (nSPS) is 22.5. The molecule has 178 valence electrons. The van der Waals surface area contributed by atoms with Crippen molar-refractivity contribution in [3.05, 3.63) is 43.8 Å². The summed E-state index contributed by atoms with van der Waals surface area (Å²) >= 11 is 2.09. The van der Waals surface area contributed by atoms with Gasteiger partial charge in [0.05, 0.1) is 10.7 Å². The number of phenolic OH excluding ortho intramolecular Hbond substituents is 1. The zero-order valence-corrected chi connectivity index (χ0v) is 22.6. The molecule has 0 aromatic heterocycles. The molecule has 0 amide bonds. The van der Waals surface area contributed by atoms with Gasteiger partial charge in [0.2, 0.25) is 0 Å². The van der Waals surface area contributed by atoms with Crippen molar-refractivity contribution in [2.24, 2.45) is 10.8 Å². The Morgan fingerprint density at radius 2 is 1.52 bits per heavy atom. The molecule has 33 heavy (non-hydrogen) atoms. The monoisotopic (exact) mass is 563 g/mol. The van der Waals surface area contributed by atoms with Gasteiger partial charge in [-0.1, -0.05) is 34.6 Å². The van der Waals surface area contributed by atoms with Crippen LogP contribution in [0.1, 0.15) is 78.2 Å².